The molecule has 0 aliphatic carbocycles. The average molecular weight is 357 g/mol. The molecule has 4 rings (SSSR count). The van der Waals surface area contributed by atoms with Gasteiger partial charge in [0.2, 0.25) is 0 Å². The molecule has 4 aromatic rings. The second-order valence-electron chi connectivity index (χ2n) is 6.12. The standard InChI is InChI=1S/C19H15N7O/c1-12-18(14-5-3-13(9-20)4-6-14)19(27)26(23-12)17-8-7-15(10-21-17)16-11-25(2)24-22-16/h3-8,10-11,23H,1-2H3. The number of nitrogens with zero attached hydrogens (tertiary/aromatic N) is 6. The number of aromatic nitrogens is 6. The fourth-order valence-corrected chi connectivity index (χ4v) is 2.91. The molecule has 0 aliphatic rings. The van der Waals surface area contributed by atoms with Gasteiger partial charge in [-0.1, -0.05) is 17.3 Å². The molecule has 0 saturated carbocycles. The van der Waals surface area contributed by atoms with Gasteiger partial charge in [0, 0.05) is 24.5 Å². The highest BCUT2D eigenvalue weighted by molar-refractivity contribution is 5.66. The third kappa shape index (κ3) is 2.91. The number of hydrogen-bond donors (Lipinski definition) is 1. The van der Waals surface area contributed by atoms with Gasteiger partial charge in [-0.2, -0.15) is 5.26 Å². The van der Waals surface area contributed by atoms with Crippen molar-refractivity contribution in [1.29, 1.82) is 5.26 Å². The first-order chi connectivity index (χ1) is 13.1. The monoisotopic (exact) mass is 357 g/mol. The van der Waals surface area contributed by atoms with E-state index in [-0.39, 0.29) is 5.56 Å². The van der Waals surface area contributed by atoms with E-state index < -0.39 is 0 Å². The van der Waals surface area contributed by atoms with Gasteiger partial charge < -0.3 is 0 Å². The summed E-state index contributed by atoms with van der Waals surface area (Å²) in [6, 6.07) is 12.6. The largest absolute Gasteiger partial charge is 0.293 e. The maximum Gasteiger partial charge on any atom is 0.280 e. The zero-order chi connectivity index (χ0) is 19.0. The van der Waals surface area contributed by atoms with Crippen LogP contribution in [-0.2, 0) is 7.05 Å². The van der Waals surface area contributed by atoms with Crippen LogP contribution in [0.4, 0.5) is 0 Å². The van der Waals surface area contributed by atoms with Crippen LogP contribution in [0.3, 0.4) is 0 Å². The molecule has 0 atom stereocenters. The summed E-state index contributed by atoms with van der Waals surface area (Å²) in [6.07, 6.45) is 3.45. The van der Waals surface area contributed by atoms with Crippen molar-refractivity contribution in [3.05, 3.63) is 70.4 Å². The van der Waals surface area contributed by atoms with Crippen molar-refractivity contribution < 1.29 is 0 Å². The van der Waals surface area contributed by atoms with Crippen LogP contribution in [0.25, 0.3) is 28.2 Å². The molecular weight excluding hydrogens is 342 g/mol. The summed E-state index contributed by atoms with van der Waals surface area (Å²) >= 11 is 0. The van der Waals surface area contributed by atoms with Crippen LogP contribution in [0.15, 0.2) is 53.6 Å². The summed E-state index contributed by atoms with van der Waals surface area (Å²) in [4.78, 5) is 17.3. The molecule has 0 bridgehead atoms. The van der Waals surface area contributed by atoms with Crippen LogP contribution >= 0.6 is 0 Å². The Bertz CT molecular complexity index is 1200. The summed E-state index contributed by atoms with van der Waals surface area (Å²) in [5.41, 5.74) is 3.91. The second-order valence-corrected chi connectivity index (χ2v) is 6.12. The quantitative estimate of drug-likeness (QED) is 0.605. The number of pyridine rings is 1. The second kappa shape index (κ2) is 6.38. The lowest BCUT2D eigenvalue weighted by Gasteiger charge is -2.01. The number of aromatic amines is 1. The van der Waals surface area contributed by atoms with Crippen molar-refractivity contribution in [2.75, 3.05) is 0 Å². The van der Waals surface area contributed by atoms with Gasteiger partial charge in [-0.25, -0.2) is 9.67 Å². The van der Waals surface area contributed by atoms with E-state index in [0.29, 0.717) is 22.6 Å². The fraction of sp³-hybridized carbons (Fsp3) is 0.105. The number of rotatable bonds is 3. The molecule has 8 heteroatoms. The van der Waals surface area contributed by atoms with Crippen molar-refractivity contribution in [2.24, 2.45) is 7.05 Å². The van der Waals surface area contributed by atoms with Crippen LogP contribution < -0.4 is 5.56 Å². The Morgan fingerprint density at radius 2 is 1.85 bits per heavy atom. The predicted octanol–water partition coefficient (Wildman–Crippen LogP) is 2.20. The minimum absolute atomic E-state index is 0.197. The van der Waals surface area contributed by atoms with Crippen molar-refractivity contribution in [3.8, 4) is 34.3 Å². The van der Waals surface area contributed by atoms with E-state index >= 15 is 0 Å². The Kier molecular flexibility index (Phi) is 3.90. The minimum Gasteiger partial charge on any atom is -0.293 e. The third-order valence-electron chi connectivity index (χ3n) is 4.25. The van der Waals surface area contributed by atoms with Gasteiger partial charge in [-0.3, -0.25) is 14.6 Å². The maximum atomic E-state index is 12.9. The van der Waals surface area contributed by atoms with E-state index in [1.165, 1.54) is 4.68 Å². The molecule has 1 aromatic carbocycles. The number of H-pyrrole nitrogens is 1. The zero-order valence-electron chi connectivity index (χ0n) is 14.7. The highest BCUT2D eigenvalue weighted by Gasteiger charge is 2.15. The molecule has 0 radical (unpaired) electrons. The van der Waals surface area contributed by atoms with Crippen LogP contribution in [0, 0.1) is 18.3 Å². The zero-order valence-corrected chi connectivity index (χ0v) is 14.7. The lowest BCUT2D eigenvalue weighted by molar-refractivity contribution is 0.715. The molecule has 0 aliphatic heterocycles. The van der Waals surface area contributed by atoms with Gasteiger partial charge >= 0.3 is 0 Å². The maximum absolute atomic E-state index is 12.9. The number of benzene rings is 1. The van der Waals surface area contributed by atoms with Crippen molar-refractivity contribution in [3.63, 3.8) is 0 Å². The molecule has 0 fully saturated rings. The van der Waals surface area contributed by atoms with E-state index in [1.54, 1.807) is 54.5 Å². The van der Waals surface area contributed by atoms with E-state index in [0.717, 1.165) is 16.8 Å². The van der Waals surface area contributed by atoms with Gasteiger partial charge in [0.1, 0.15) is 5.69 Å². The Labute approximate surface area is 154 Å². The van der Waals surface area contributed by atoms with Gasteiger partial charge in [0.25, 0.3) is 5.56 Å². The molecule has 132 valence electrons. The molecule has 0 amide bonds. The fourth-order valence-electron chi connectivity index (χ4n) is 2.91. The number of nitrogens with one attached hydrogen (secondary N) is 1. The molecule has 27 heavy (non-hydrogen) atoms. The summed E-state index contributed by atoms with van der Waals surface area (Å²) in [5, 5.41) is 19.9. The van der Waals surface area contributed by atoms with E-state index in [1.807, 2.05) is 13.0 Å². The highest BCUT2D eigenvalue weighted by Crippen LogP contribution is 2.21. The average Bonchev–Trinajstić information content (AvgIpc) is 3.25. The summed E-state index contributed by atoms with van der Waals surface area (Å²) in [7, 11) is 1.80. The van der Waals surface area contributed by atoms with Gasteiger partial charge in [-0.05, 0) is 36.8 Å². The number of hydrogen-bond acceptors (Lipinski definition) is 5. The smallest absolute Gasteiger partial charge is 0.280 e. The lowest BCUT2D eigenvalue weighted by Crippen LogP contribution is -2.16. The van der Waals surface area contributed by atoms with Crippen molar-refractivity contribution >= 4 is 0 Å². The Balaban J connectivity index is 1.72. The van der Waals surface area contributed by atoms with Gasteiger partial charge in [0.15, 0.2) is 5.82 Å². The molecule has 0 unspecified atom stereocenters. The first-order valence-electron chi connectivity index (χ1n) is 8.22. The topological polar surface area (TPSA) is 105 Å². The Morgan fingerprint density at radius 3 is 2.44 bits per heavy atom. The summed E-state index contributed by atoms with van der Waals surface area (Å²) < 4.78 is 3.02. The molecule has 8 nitrogen and oxygen atoms in total. The molecular formula is C19H15N7O. The number of aryl methyl sites for hydroxylation is 2. The Hall–Kier alpha value is -3.99. The Morgan fingerprint density at radius 1 is 1.11 bits per heavy atom. The van der Waals surface area contributed by atoms with Gasteiger partial charge in [-0.15, -0.1) is 5.10 Å². The molecule has 3 heterocycles. The number of nitriles is 1. The van der Waals surface area contributed by atoms with E-state index in [4.69, 9.17) is 5.26 Å². The lowest BCUT2D eigenvalue weighted by atomic mass is 10.1. The van der Waals surface area contributed by atoms with Crippen LogP contribution in [0.1, 0.15) is 11.3 Å². The van der Waals surface area contributed by atoms with Crippen LogP contribution in [-0.4, -0.2) is 29.8 Å². The molecule has 1 N–H and O–H groups in total. The summed E-state index contributed by atoms with van der Waals surface area (Å²) in [5.74, 6) is 0.482. The SMILES string of the molecule is Cc1[nH]n(-c2ccc(-c3cn(C)nn3)cn2)c(=O)c1-c1ccc(C#N)cc1. The van der Waals surface area contributed by atoms with Crippen LogP contribution in [0.2, 0.25) is 0 Å². The minimum atomic E-state index is -0.197. The van der Waals surface area contributed by atoms with Gasteiger partial charge in [0.05, 0.1) is 23.4 Å². The molecule has 3 aromatic heterocycles. The van der Waals surface area contributed by atoms with Crippen LogP contribution in [0.5, 0.6) is 0 Å². The third-order valence-corrected chi connectivity index (χ3v) is 4.25. The highest BCUT2D eigenvalue weighted by atomic mass is 16.1. The first kappa shape index (κ1) is 16.5. The van der Waals surface area contributed by atoms with Crippen molar-refractivity contribution in [1.82, 2.24) is 29.8 Å². The van der Waals surface area contributed by atoms with E-state index in [2.05, 4.69) is 26.5 Å². The molecule has 0 saturated heterocycles. The predicted molar refractivity (Wildman–Crippen MR) is 99.1 cm³/mol. The van der Waals surface area contributed by atoms with Crippen molar-refractivity contribution in [2.45, 2.75) is 6.92 Å². The summed E-state index contributed by atoms with van der Waals surface area (Å²) in [6.45, 7) is 1.83. The first-order valence-corrected chi connectivity index (χ1v) is 8.22. The molecule has 0 spiro atoms. The van der Waals surface area contributed by atoms with E-state index in [9.17, 15) is 4.79 Å². The normalized spacial score (nSPS) is 10.7.